The van der Waals surface area contributed by atoms with Crippen LogP contribution < -0.4 is 0 Å². The molecule has 0 saturated carbocycles. The molecule has 1 rings (SSSR count). The highest BCUT2D eigenvalue weighted by atomic mass is 16.1. The molecule has 1 aromatic carbocycles. The van der Waals surface area contributed by atoms with Crippen LogP contribution in [0.15, 0.2) is 43.0 Å². The molecule has 2 heteroatoms. The van der Waals surface area contributed by atoms with E-state index in [2.05, 4.69) is 43.4 Å². The highest BCUT2D eigenvalue weighted by molar-refractivity contribution is 5.58. The van der Waals surface area contributed by atoms with Gasteiger partial charge in [-0.1, -0.05) is 62.6 Å². The maximum Gasteiger partial charge on any atom is 0.136 e. The number of rotatable bonds is 7. The fraction of sp³-hybridized carbons (Fsp3) is 0.389. The van der Waals surface area contributed by atoms with Crippen LogP contribution in [-0.2, 0) is 11.3 Å². The Morgan fingerprint density at radius 3 is 2.45 bits per heavy atom. The molecule has 0 fully saturated rings. The smallest absolute Gasteiger partial charge is 0.136 e. The van der Waals surface area contributed by atoms with Crippen LogP contribution >= 0.6 is 0 Å². The molecule has 0 amide bonds. The molecule has 1 atom stereocenters. The monoisotopic (exact) mass is 273 g/mol. The van der Waals surface area contributed by atoms with Gasteiger partial charge in [0.25, 0.3) is 0 Å². The van der Waals surface area contributed by atoms with E-state index in [0.717, 1.165) is 19.4 Å². The molecular weight excluding hydrogens is 246 g/mol. The molecule has 0 heterocycles. The molecule has 0 aliphatic heterocycles. The number of carbonyl (C=O) groups is 1. The van der Waals surface area contributed by atoms with Crippen molar-refractivity contribution in [3.05, 3.63) is 48.6 Å². The minimum Gasteiger partial charge on any atom is -0.302 e. The second kappa shape index (κ2) is 12.2. The van der Waals surface area contributed by atoms with E-state index in [4.69, 9.17) is 6.42 Å². The Kier molecular flexibility index (Phi) is 11.1. The van der Waals surface area contributed by atoms with Gasteiger partial charge in [-0.15, -0.1) is 13.0 Å². The van der Waals surface area contributed by atoms with Gasteiger partial charge in [0.2, 0.25) is 0 Å². The number of carbonyl (C=O) groups excluding carboxylic acids is 1. The molecule has 20 heavy (non-hydrogen) atoms. The summed E-state index contributed by atoms with van der Waals surface area (Å²) in [5.41, 5.74) is 1.20. The average Bonchev–Trinajstić information content (AvgIpc) is 2.46. The van der Waals surface area contributed by atoms with Crippen LogP contribution in [0.4, 0.5) is 0 Å². The van der Waals surface area contributed by atoms with Crippen molar-refractivity contribution in [3.8, 4) is 12.3 Å². The van der Waals surface area contributed by atoms with Crippen molar-refractivity contribution in [2.24, 2.45) is 5.92 Å². The lowest BCUT2D eigenvalue weighted by atomic mass is 10.1. The number of hydrogen-bond donors (Lipinski definition) is 0. The first kappa shape index (κ1) is 18.1. The van der Waals surface area contributed by atoms with Crippen LogP contribution in [-0.4, -0.2) is 24.3 Å². The van der Waals surface area contributed by atoms with Crippen molar-refractivity contribution >= 4 is 6.29 Å². The highest BCUT2D eigenvalue weighted by Crippen LogP contribution is 2.06. The van der Waals surface area contributed by atoms with Crippen LogP contribution in [0.3, 0.4) is 0 Å². The summed E-state index contributed by atoms with van der Waals surface area (Å²) in [6, 6.07) is 10.1. The molecule has 2 nitrogen and oxygen atoms in total. The number of benzene rings is 1. The zero-order valence-electron chi connectivity index (χ0n) is 12.6. The van der Waals surface area contributed by atoms with E-state index in [1.54, 1.807) is 0 Å². The maximum atomic E-state index is 10.7. The summed E-state index contributed by atoms with van der Waals surface area (Å²) in [5, 5.41) is 0. The van der Waals surface area contributed by atoms with E-state index in [9.17, 15) is 4.79 Å². The summed E-state index contributed by atoms with van der Waals surface area (Å²) in [7, 11) is 0. The number of aldehydes is 1. The second-order valence-electron chi connectivity index (χ2n) is 4.58. The Bertz CT molecular complexity index is 411. The molecule has 1 aromatic rings. The van der Waals surface area contributed by atoms with Crippen LogP contribution in [0.2, 0.25) is 0 Å². The number of hydrogen-bond acceptors (Lipinski definition) is 2. The third kappa shape index (κ3) is 8.29. The second-order valence-corrected chi connectivity index (χ2v) is 4.58. The van der Waals surface area contributed by atoms with Crippen LogP contribution in [0.25, 0.3) is 0 Å². The maximum absolute atomic E-state index is 10.7. The van der Waals surface area contributed by atoms with E-state index >= 15 is 0 Å². The van der Waals surface area contributed by atoms with Gasteiger partial charge in [-0.3, -0.25) is 4.90 Å². The average molecular weight is 273 g/mol. The quantitative estimate of drug-likeness (QED) is 0.428. The van der Waals surface area contributed by atoms with Crippen molar-refractivity contribution in [2.75, 3.05) is 13.1 Å². The molecule has 0 bridgehead atoms. The van der Waals surface area contributed by atoms with E-state index in [-0.39, 0.29) is 7.34 Å². The molecule has 0 aliphatic carbocycles. The van der Waals surface area contributed by atoms with Gasteiger partial charge in [0, 0.05) is 21.1 Å². The number of terminal acetylenes is 1. The SMILES string of the molecule is C#C[C@H](C=O)CN(CC=C)Cc1ccccc1.CCC.[HH]. The zero-order chi connectivity index (χ0) is 15.2. The predicted octanol–water partition coefficient (Wildman–Crippen LogP) is 3.79. The summed E-state index contributed by atoms with van der Waals surface area (Å²) in [6.45, 7) is 10.0. The van der Waals surface area contributed by atoms with Crippen LogP contribution in [0.5, 0.6) is 0 Å². The molecule has 110 valence electrons. The Balaban J connectivity index is 0. The van der Waals surface area contributed by atoms with Crippen molar-refractivity contribution < 1.29 is 6.22 Å². The lowest BCUT2D eigenvalue weighted by Gasteiger charge is -2.21. The summed E-state index contributed by atoms with van der Waals surface area (Å²) in [4.78, 5) is 12.8. The first-order chi connectivity index (χ1) is 9.71. The van der Waals surface area contributed by atoms with Gasteiger partial charge in [0.05, 0.1) is 5.92 Å². The molecule has 0 spiro atoms. The van der Waals surface area contributed by atoms with Crippen molar-refractivity contribution in [3.63, 3.8) is 0 Å². The van der Waals surface area contributed by atoms with Gasteiger partial charge < -0.3 is 4.79 Å². The van der Waals surface area contributed by atoms with Gasteiger partial charge >= 0.3 is 0 Å². The standard InChI is InChI=1S/C15H17NO.C3H8.H2/c1-3-10-16(11-14(4-2)13-17)12-15-8-6-5-7-9-15;1-3-2;/h2-3,5-9,13-14H,1,10-12H2;3H2,1-2H3;1H/t14-;;/m0../s1. The fourth-order valence-corrected chi connectivity index (χ4v) is 1.64. The highest BCUT2D eigenvalue weighted by Gasteiger charge is 2.10. The lowest BCUT2D eigenvalue weighted by molar-refractivity contribution is -0.110. The van der Waals surface area contributed by atoms with Gasteiger partial charge in [-0.05, 0) is 5.56 Å². The molecule has 0 aliphatic rings. The van der Waals surface area contributed by atoms with Gasteiger partial charge in [-0.25, -0.2) is 0 Å². The van der Waals surface area contributed by atoms with Gasteiger partial charge in [0.15, 0.2) is 0 Å². The molecule has 0 aromatic heterocycles. The Labute approximate surface area is 125 Å². The fourth-order valence-electron chi connectivity index (χ4n) is 1.64. The van der Waals surface area contributed by atoms with E-state index in [0.29, 0.717) is 6.54 Å². The Hall–Kier alpha value is -1.85. The van der Waals surface area contributed by atoms with Gasteiger partial charge in [0.1, 0.15) is 6.29 Å². The largest absolute Gasteiger partial charge is 0.302 e. The topological polar surface area (TPSA) is 20.3 Å². The normalized spacial score (nSPS) is 10.9. The van der Waals surface area contributed by atoms with Crippen molar-refractivity contribution in [1.82, 2.24) is 4.90 Å². The summed E-state index contributed by atoms with van der Waals surface area (Å²) >= 11 is 0. The van der Waals surface area contributed by atoms with Crippen molar-refractivity contribution in [1.29, 1.82) is 0 Å². The molecule has 0 saturated heterocycles. The lowest BCUT2D eigenvalue weighted by Crippen LogP contribution is -2.29. The molecular formula is C18H27NO. The first-order valence-corrected chi connectivity index (χ1v) is 7.00. The van der Waals surface area contributed by atoms with Gasteiger partial charge in [-0.2, -0.15) is 0 Å². The summed E-state index contributed by atoms with van der Waals surface area (Å²) in [5.74, 6) is 2.13. The third-order valence-electron chi connectivity index (χ3n) is 2.47. The van der Waals surface area contributed by atoms with E-state index in [1.165, 1.54) is 12.0 Å². The zero-order valence-corrected chi connectivity index (χ0v) is 12.6. The molecule has 0 radical (unpaired) electrons. The van der Waals surface area contributed by atoms with Crippen molar-refractivity contribution in [2.45, 2.75) is 26.8 Å². The minimum absolute atomic E-state index is 0. The van der Waals surface area contributed by atoms with Crippen LogP contribution in [0, 0.1) is 18.3 Å². The Morgan fingerprint density at radius 2 is 2.00 bits per heavy atom. The third-order valence-corrected chi connectivity index (χ3v) is 2.47. The minimum atomic E-state index is -0.348. The summed E-state index contributed by atoms with van der Waals surface area (Å²) < 4.78 is 0. The van der Waals surface area contributed by atoms with E-state index < -0.39 is 0 Å². The summed E-state index contributed by atoms with van der Waals surface area (Å²) in [6.07, 6.45) is 9.18. The Morgan fingerprint density at radius 1 is 1.40 bits per heavy atom. The van der Waals surface area contributed by atoms with E-state index in [1.807, 2.05) is 24.3 Å². The molecule has 0 unspecified atom stereocenters. The number of nitrogens with zero attached hydrogens (tertiary/aromatic N) is 1. The predicted molar refractivity (Wildman–Crippen MR) is 88.4 cm³/mol. The molecule has 0 N–H and O–H groups in total. The van der Waals surface area contributed by atoms with Crippen LogP contribution in [0.1, 0.15) is 27.3 Å². The first-order valence-electron chi connectivity index (χ1n) is 7.00.